The van der Waals surface area contributed by atoms with Crippen molar-refractivity contribution in [1.82, 2.24) is 25.4 Å². The van der Waals surface area contributed by atoms with Gasteiger partial charge in [0.05, 0.1) is 40.2 Å². The largest absolute Gasteiger partial charge is 0.467 e. The van der Waals surface area contributed by atoms with Crippen LogP contribution in [0.25, 0.3) is 22.1 Å². The van der Waals surface area contributed by atoms with E-state index in [2.05, 4.69) is 30.3 Å². The summed E-state index contributed by atoms with van der Waals surface area (Å²) in [6, 6.07) is 5.55. The molecule has 3 N–H and O–H groups in total. The quantitative estimate of drug-likeness (QED) is 0.396. The summed E-state index contributed by atoms with van der Waals surface area (Å²) in [6.07, 6.45) is 6.76. The third-order valence-corrected chi connectivity index (χ3v) is 7.57. The van der Waals surface area contributed by atoms with Gasteiger partial charge in [0.1, 0.15) is 0 Å². The van der Waals surface area contributed by atoms with E-state index in [1.165, 1.54) is 7.11 Å². The number of benzene rings is 1. The molecule has 0 spiro atoms. The number of fused-ring (bicyclic) bond motifs is 3. The molecule has 3 atom stereocenters. The summed E-state index contributed by atoms with van der Waals surface area (Å²) in [7, 11) is 1.51. The highest BCUT2D eigenvalue weighted by Gasteiger charge is 2.49. The molecule has 2 bridgehead atoms. The second kappa shape index (κ2) is 8.79. The third kappa shape index (κ3) is 3.68. The van der Waals surface area contributed by atoms with Crippen molar-refractivity contribution in [3.8, 4) is 17.1 Å². The average molecular weight is 526 g/mol. The van der Waals surface area contributed by atoms with E-state index in [1.54, 1.807) is 30.7 Å². The van der Waals surface area contributed by atoms with Crippen LogP contribution in [0.4, 0.5) is 11.6 Å². The molecule has 1 saturated heterocycles. The number of hydrogen-bond donors (Lipinski definition) is 2. The molecule has 6 rings (SSSR count). The topological polar surface area (TPSA) is 132 Å². The number of aromatic nitrogens is 4. The van der Waals surface area contributed by atoms with Crippen molar-refractivity contribution in [3.63, 3.8) is 0 Å². The van der Waals surface area contributed by atoms with Crippen molar-refractivity contribution in [2.75, 3.05) is 24.3 Å². The predicted octanol–water partition coefficient (Wildman–Crippen LogP) is 3.97. The van der Waals surface area contributed by atoms with Crippen LogP contribution in [0.1, 0.15) is 23.2 Å². The van der Waals surface area contributed by atoms with Gasteiger partial charge in [-0.3, -0.25) is 4.79 Å². The predicted molar refractivity (Wildman–Crippen MR) is 135 cm³/mol. The van der Waals surface area contributed by atoms with Gasteiger partial charge in [-0.05, 0) is 36.5 Å². The fourth-order valence-electron chi connectivity index (χ4n) is 5.27. The van der Waals surface area contributed by atoms with Crippen LogP contribution in [-0.4, -0.2) is 51.8 Å². The Hall–Kier alpha value is -3.63. The second-order valence-corrected chi connectivity index (χ2v) is 9.73. The van der Waals surface area contributed by atoms with Crippen LogP contribution in [0.5, 0.6) is 6.01 Å². The van der Waals surface area contributed by atoms with E-state index in [9.17, 15) is 4.79 Å². The lowest BCUT2D eigenvalue weighted by Gasteiger charge is -2.28. The smallest absolute Gasteiger partial charge is 0.316 e. The summed E-state index contributed by atoms with van der Waals surface area (Å²) >= 11 is 12.8. The number of rotatable bonds is 5. The molecule has 1 aliphatic carbocycles. The molecular weight excluding hydrogens is 505 g/mol. The van der Waals surface area contributed by atoms with Gasteiger partial charge in [-0.15, -0.1) is 0 Å². The van der Waals surface area contributed by atoms with Gasteiger partial charge in [0.2, 0.25) is 5.58 Å². The molecule has 4 heterocycles. The third-order valence-electron chi connectivity index (χ3n) is 6.98. The molecule has 1 aliphatic heterocycles. The number of anilines is 2. The standard InChI is InChI=1S/C24H21Cl2N7O3/c1-35-24-29-7-13(8-30-24)11-2-4-14(15(25)6-11)23(34)31-19-12-3-5-17(19)33(10-12)22-20-18(16(26)9-28-22)21(27)32-36-20/h2,4,6-9,12,17,19H,3,5,10H2,1H3,(H2,27,32)(H,31,34)/t12-,17-,19+/m0/s1. The maximum Gasteiger partial charge on any atom is 0.316 e. The van der Waals surface area contributed by atoms with Crippen LogP contribution in [0.15, 0.2) is 41.3 Å². The average Bonchev–Trinajstić information content (AvgIpc) is 3.57. The number of piperidine rings is 1. The molecule has 3 aromatic heterocycles. The number of hydrogen-bond acceptors (Lipinski definition) is 9. The van der Waals surface area contributed by atoms with E-state index in [0.29, 0.717) is 32.4 Å². The Labute approximate surface area is 215 Å². The van der Waals surface area contributed by atoms with Gasteiger partial charge in [0.25, 0.3) is 5.91 Å². The van der Waals surface area contributed by atoms with Crippen molar-refractivity contribution in [2.45, 2.75) is 24.9 Å². The van der Waals surface area contributed by atoms with Gasteiger partial charge < -0.3 is 25.2 Å². The Kier molecular flexibility index (Phi) is 5.57. The first-order chi connectivity index (χ1) is 17.4. The number of ether oxygens (including phenoxy) is 1. The number of nitrogens with zero attached hydrogens (tertiary/aromatic N) is 5. The molecule has 0 radical (unpaired) electrons. The summed E-state index contributed by atoms with van der Waals surface area (Å²) in [5.41, 5.74) is 8.37. The molecule has 36 heavy (non-hydrogen) atoms. The molecule has 2 aliphatic rings. The molecule has 12 heteroatoms. The van der Waals surface area contributed by atoms with Crippen LogP contribution < -0.4 is 20.7 Å². The van der Waals surface area contributed by atoms with Crippen molar-refractivity contribution < 1.29 is 14.1 Å². The lowest BCUT2D eigenvalue weighted by molar-refractivity contribution is 0.0932. The Morgan fingerprint density at radius 2 is 1.94 bits per heavy atom. The number of nitrogens with one attached hydrogen (secondary N) is 1. The highest BCUT2D eigenvalue weighted by molar-refractivity contribution is 6.36. The molecule has 1 saturated carbocycles. The van der Waals surface area contributed by atoms with Gasteiger partial charge in [-0.2, -0.15) is 0 Å². The van der Waals surface area contributed by atoms with Crippen molar-refractivity contribution >= 4 is 51.7 Å². The number of nitrogens with two attached hydrogens (primary N) is 1. The second-order valence-electron chi connectivity index (χ2n) is 8.91. The highest BCUT2D eigenvalue weighted by atomic mass is 35.5. The summed E-state index contributed by atoms with van der Waals surface area (Å²) in [5, 5.41) is 8.36. The molecule has 184 valence electrons. The first-order valence-electron chi connectivity index (χ1n) is 11.4. The number of halogens is 2. The minimum absolute atomic E-state index is 0.0525. The van der Waals surface area contributed by atoms with Gasteiger partial charge in [-0.25, -0.2) is 15.0 Å². The maximum absolute atomic E-state index is 13.2. The molecule has 1 amide bonds. The van der Waals surface area contributed by atoms with Gasteiger partial charge in [0.15, 0.2) is 11.6 Å². The number of carbonyl (C=O) groups is 1. The Morgan fingerprint density at radius 1 is 1.14 bits per heavy atom. The number of pyridine rings is 1. The molecule has 0 unspecified atom stereocenters. The van der Waals surface area contributed by atoms with E-state index in [4.69, 9.17) is 38.2 Å². The SMILES string of the molecule is COc1ncc(-c2ccc(C(=O)N[C@@H]3[C@H]4CC[C@@H]3N(c3ncc(Cl)c5c(N)noc35)C4)c(Cl)c2)cn1. The lowest BCUT2D eigenvalue weighted by Crippen LogP contribution is -2.44. The van der Waals surface area contributed by atoms with Crippen LogP contribution in [-0.2, 0) is 0 Å². The van der Waals surface area contributed by atoms with E-state index >= 15 is 0 Å². The van der Waals surface area contributed by atoms with Crippen molar-refractivity contribution in [1.29, 1.82) is 0 Å². The Morgan fingerprint density at radius 3 is 2.69 bits per heavy atom. The van der Waals surface area contributed by atoms with Gasteiger partial charge >= 0.3 is 6.01 Å². The van der Waals surface area contributed by atoms with Crippen LogP contribution in [0, 0.1) is 5.92 Å². The summed E-state index contributed by atoms with van der Waals surface area (Å²) in [6.45, 7) is 0.726. The van der Waals surface area contributed by atoms with Crippen molar-refractivity contribution in [2.24, 2.45) is 5.92 Å². The monoisotopic (exact) mass is 525 g/mol. The summed E-state index contributed by atoms with van der Waals surface area (Å²) in [4.78, 5) is 28.1. The van der Waals surface area contributed by atoms with Crippen LogP contribution in [0.2, 0.25) is 10.0 Å². The van der Waals surface area contributed by atoms with E-state index in [0.717, 1.165) is 30.5 Å². The Bertz CT molecular complexity index is 1480. The first-order valence-corrected chi connectivity index (χ1v) is 12.1. The fourth-order valence-corrected chi connectivity index (χ4v) is 5.77. The zero-order valence-electron chi connectivity index (χ0n) is 19.1. The molecule has 10 nitrogen and oxygen atoms in total. The van der Waals surface area contributed by atoms with Gasteiger partial charge in [0, 0.05) is 30.7 Å². The number of nitrogen functional groups attached to an aromatic ring is 1. The lowest BCUT2D eigenvalue weighted by atomic mass is 10.0. The summed E-state index contributed by atoms with van der Waals surface area (Å²) in [5.74, 6) is 0.905. The van der Waals surface area contributed by atoms with Gasteiger partial charge in [-0.1, -0.05) is 34.4 Å². The first kappa shape index (κ1) is 22.8. The molecule has 4 aromatic rings. The minimum atomic E-state index is -0.223. The van der Waals surface area contributed by atoms with Crippen LogP contribution >= 0.6 is 23.2 Å². The van der Waals surface area contributed by atoms with Crippen LogP contribution in [0.3, 0.4) is 0 Å². The number of methoxy groups -OCH3 is 1. The minimum Gasteiger partial charge on any atom is -0.467 e. The Balaban J connectivity index is 1.22. The molecule has 2 fully saturated rings. The number of carbonyl (C=O) groups excluding carboxylic acids is 1. The highest BCUT2D eigenvalue weighted by Crippen LogP contribution is 2.43. The fraction of sp³-hybridized carbons (Fsp3) is 0.292. The molecular formula is C24H21Cl2N7O3. The zero-order chi connectivity index (χ0) is 25.0. The van der Waals surface area contributed by atoms with E-state index in [1.807, 2.05) is 6.07 Å². The van der Waals surface area contributed by atoms with E-state index < -0.39 is 0 Å². The number of amides is 1. The normalized spacial score (nSPS) is 20.8. The summed E-state index contributed by atoms with van der Waals surface area (Å²) < 4.78 is 10.5. The van der Waals surface area contributed by atoms with Crippen molar-refractivity contribution in [3.05, 3.63) is 52.4 Å². The van der Waals surface area contributed by atoms with E-state index in [-0.39, 0.29) is 35.7 Å². The zero-order valence-corrected chi connectivity index (χ0v) is 20.6. The molecule has 1 aromatic carbocycles. The maximum atomic E-state index is 13.2.